The maximum absolute atomic E-state index is 12.3. The van der Waals surface area contributed by atoms with E-state index in [2.05, 4.69) is 4.98 Å². The molecule has 0 fully saturated rings. The lowest BCUT2D eigenvalue weighted by Gasteiger charge is -2.30. The molecular weight excluding hydrogens is 322 g/mol. The summed E-state index contributed by atoms with van der Waals surface area (Å²) >= 11 is 0. The van der Waals surface area contributed by atoms with E-state index in [4.69, 9.17) is 9.47 Å². The Morgan fingerprint density at radius 3 is 2.68 bits per heavy atom. The normalized spacial score (nSPS) is 14.3. The number of amides is 1. The number of carbonyl (C=O) groups excluding carboxylic acids is 2. The first-order valence-corrected chi connectivity index (χ1v) is 8.43. The lowest BCUT2D eigenvalue weighted by atomic mass is 10.2. The van der Waals surface area contributed by atoms with E-state index < -0.39 is 5.60 Å². The van der Waals surface area contributed by atoms with Crippen LogP contribution in [0.1, 0.15) is 43.9 Å². The molecule has 134 valence electrons. The molecular formula is C18H23N3O4. The Morgan fingerprint density at radius 2 is 2.00 bits per heavy atom. The third-order valence-corrected chi connectivity index (χ3v) is 3.93. The Balaban J connectivity index is 1.91. The van der Waals surface area contributed by atoms with E-state index in [9.17, 15) is 9.59 Å². The molecule has 1 aliphatic rings. The lowest BCUT2D eigenvalue weighted by molar-refractivity contribution is 0.0196. The van der Waals surface area contributed by atoms with Gasteiger partial charge in [-0.15, -0.1) is 0 Å². The fraction of sp³-hybridized carbons (Fsp3) is 0.500. The molecule has 7 heteroatoms. The molecule has 3 rings (SSSR count). The van der Waals surface area contributed by atoms with Crippen LogP contribution in [0.3, 0.4) is 0 Å². The smallest absolute Gasteiger partial charge is 0.410 e. The van der Waals surface area contributed by atoms with Gasteiger partial charge in [0.2, 0.25) is 0 Å². The second-order valence-electron chi connectivity index (χ2n) is 6.98. The molecule has 0 aliphatic carbocycles. The maximum atomic E-state index is 12.3. The molecule has 0 atom stereocenters. The number of hydrogen-bond donors (Lipinski definition) is 0. The number of imidazole rings is 1. The van der Waals surface area contributed by atoms with Gasteiger partial charge in [0.15, 0.2) is 0 Å². The van der Waals surface area contributed by atoms with Gasteiger partial charge in [-0.05, 0) is 39.8 Å². The van der Waals surface area contributed by atoms with Crippen LogP contribution in [-0.4, -0.2) is 45.3 Å². The number of nitrogens with zero attached hydrogens (tertiary/aromatic N) is 3. The second kappa shape index (κ2) is 6.38. The number of ether oxygens (including phenoxy) is 2. The molecule has 1 aromatic carbocycles. The van der Waals surface area contributed by atoms with Crippen LogP contribution in [0, 0.1) is 0 Å². The molecule has 0 bridgehead atoms. The van der Waals surface area contributed by atoms with Crippen LogP contribution in [0.2, 0.25) is 0 Å². The summed E-state index contributed by atoms with van der Waals surface area (Å²) in [5, 5.41) is 0. The van der Waals surface area contributed by atoms with E-state index in [1.54, 1.807) is 17.9 Å². The van der Waals surface area contributed by atoms with Crippen molar-refractivity contribution >= 4 is 23.1 Å². The highest BCUT2D eigenvalue weighted by atomic mass is 16.6. The van der Waals surface area contributed by atoms with Crippen LogP contribution in [-0.2, 0) is 22.6 Å². The molecule has 0 radical (unpaired) electrons. The second-order valence-corrected chi connectivity index (χ2v) is 6.98. The van der Waals surface area contributed by atoms with Gasteiger partial charge in [0.05, 0.1) is 24.2 Å². The first kappa shape index (κ1) is 17.3. The summed E-state index contributed by atoms with van der Waals surface area (Å²) in [7, 11) is 0. The van der Waals surface area contributed by atoms with Gasteiger partial charge in [0, 0.05) is 13.1 Å². The van der Waals surface area contributed by atoms with E-state index in [0.29, 0.717) is 37.3 Å². The van der Waals surface area contributed by atoms with Gasteiger partial charge in [-0.3, -0.25) is 4.90 Å². The Bertz CT molecular complexity index is 820. The summed E-state index contributed by atoms with van der Waals surface area (Å²) in [6, 6.07) is 5.46. The zero-order valence-electron chi connectivity index (χ0n) is 15.0. The number of carbonyl (C=O) groups is 2. The molecule has 2 heterocycles. The number of fused-ring (bicyclic) bond motifs is 3. The van der Waals surface area contributed by atoms with Crippen molar-refractivity contribution in [3.05, 3.63) is 29.6 Å². The molecule has 0 unspecified atom stereocenters. The van der Waals surface area contributed by atoms with Crippen molar-refractivity contribution in [2.24, 2.45) is 0 Å². The molecule has 2 aromatic rings. The predicted octanol–water partition coefficient (Wildman–Crippen LogP) is 2.96. The van der Waals surface area contributed by atoms with Gasteiger partial charge in [-0.25, -0.2) is 14.6 Å². The van der Waals surface area contributed by atoms with Crippen LogP contribution in [0.25, 0.3) is 11.0 Å². The standard InChI is InChI=1S/C18H23N3O4/c1-5-24-16(22)12-7-6-8-13-15(12)19-14-11-20(9-10-21(13)14)17(23)25-18(2,3)4/h6-8H,5,9-11H2,1-4H3. The fourth-order valence-electron chi connectivity index (χ4n) is 2.89. The summed E-state index contributed by atoms with van der Waals surface area (Å²) in [5.74, 6) is 0.358. The Morgan fingerprint density at radius 1 is 1.24 bits per heavy atom. The summed E-state index contributed by atoms with van der Waals surface area (Å²) in [4.78, 5) is 30.7. The summed E-state index contributed by atoms with van der Waals surface area (Å²) in [6.07, 6.45) is -0.351. The number of esters is 1. The van der Waals surface area contributed by atoms with Crippen molar-refractivity contribution in [3.8, 4) is 0 Å². The Kier molecular flexibility index (Phi) is 4.41. The SMILES string of the molecule is CCOC(=O)c1cccc2c1nc1n2CCN(C(=O)OC(C)(C)C)C1. The van der Waals surface area contributed by atoms with Crippen molar-refractivity contribution in [2.45, 2.75) is 46.4 Å². The van der Waals surface area contributed by atoms with Gasteiger partial charge in [-0.2, -0.15) is 0 Å². The summed E-state index contributed by atoms with van der Waals surface area (Å²) in [5.41, 5.74) is 1.41. The van der Waals surface area contributed by atoms with Gasteiger partial charge in [0.1, 0.15) is 16.9 Å². The van der Waals surface area contributed by atoms with E-state index >= 15 is 0 Å². The summed E-state index contributed by atoms with van der Waals surface area (Å²) < 4.78 is 12.6. The number of para-hydroxylation sites is 1. The molecule has 25 heavy (non-hydrogen) atoms. The van der Waals surface area contributed by atoms with Gasteiger partial charge in [-0.1, -0.05) is 6.07 Å². The van der Waals surface area contributed by atoms with E-state index in [0.717, 1.165) is 11.3 Å². The third kappa shape index (κ3) is 3.45. The predicted molar refractivity (Wildman–Crippen MR) is 92.3 cm³/mol. The average molecular weight is 345 g/mol. The lowest BCUT2D eigenvalue weighted by Crippen LogP contribution is -2.41. The molecule has 0 saturated carbocycles. The molecule has 0 saturated heterocycles. The van der Waals surface area contributed by atoms with Crippen LogP contribution in [0.15, 0.2) is 18.2 Å². The monoisotopic (exact) mass is 345 g/mol. The van der Waals surface area contributed by atoms with Crippen LogP contribution < -0.4 is 0 Å². The molecule has 7 nitrogen and oxygen atoms in total. The van der Waals surface area contributed by atoms with Crippen molar-refractivity contribution < 1.29 is 19.1 Å². The van der Waals surface area contributed by atoms with Gasteiger partial charge >= 0.3 is 12.1 Å². The molecule has 1 aliphatic heterocycles. The highest BCUT2D eigenvalue weighted by Crippen LogP contribution is 2.25. The Hall–Kier alpha value is -2.57. The summed E-state index contributed by atoms with van der Waals surface area (Å²) in [6.45, 7) is 9.12. The van der Waals surface area contributed by atoms with Crippen molar-refractivity contribution in [1.82, 2.24) is 14.5 Å². The van der Waals surface area contributed by atoms with Crippen molar-refractivity contribution in [3.63, 3.8) is 0 Å². The topological polar surface area (TPSA) is 73.7 Å². The van der Waals surface area contributed by atoms with E-state index in [-0.39, 0.29) is 12.1 Å². The first-order valence-electron chi connectivity index (χ1n) is 8.43. The fourth-order valence-corrected chi connectivity index (χ4v) is 2.89. The van der Waals surface area contributed by atoms with E-state index in [1.807, 2.05) is 37.5 Å². The zero-order chi connectivity index (χ0) is 18.2. The van der Waals surface area contributed by atoms with Gasteiger partial charge < -0.3 is 14.0 Å². The highest BCUT2D eigenvalue weighted by molar-refractivity contribution is 6.02. The van der Waals surface area contributed by atoms with Crippen molar-refractivity contribution in [2.75, 3.05) is 13.2 Å². The number of benzene rings is 1. The third-order valence-electron chi connectivity index (χ3n) is 3.93. The maximum Gasteiger partial charge on any atom is 0.410 e. The minimum atomic E-state index is -0.536. The molecule has 1 aromatic heterocycles. The van der Waals surface area contributed by atoms with Gasteiger partial charge in [0.25, 0.3) is 0 Å². The largest absolute Gasteiger partial charge is 0.462 e. The van der Waals surface area contributed by atoms with Crippen LogP contribution >= 0.6 is 0 Å². The minimum Gasteiger partial charge on any atom is -0.462 e. The number of aromatic nitrogens is 2. The Labute approximate surface area is 146 Å². The highest BCUT2D eigenvalue weighted by Gasteiger charge is 2.28. The number of rotatable bonds is 2. The quantitative estimate of drug-likeness (QED) is 0.782. The molecule has 0 spiro atoms. The molecule has 1 amide bonds. The van der Waals surface area contributed by atoms with Crippen molar-refractivity contribution in [1.29, 1.82) is 0 Å². The van der Waals surface area contributed by atoms with E-state index in [1.165, 1.54) is 0 Å². The first-order chi connectivity index (χ1) is 11.8. The van der Waals surface area contributed by atoms with Crippen LogP contribution in [0.4, 0.5) is 4.79 Å². The molecule has 0 N–H and O–H groups in total. The minimum absolute atomic E-state index is 0.315. The zero-order valence-corrected chi connectivity index (χ0v) is 15.0. The average Bonchev–Trinajstić information content (AvgIpc) is 2.91. The van der Waals surface area contributed by atoms with Crippen LogP contribution in [0.5, 0.6) is 0 Å². The number of hydrogen-bond acceptors (Lipinski definition) is 5.